The van der Waals surface area contributed by atoms with E-state index in [2.05, 4.69) is 10.2 Å². The summed E-state index contributed by atoms with van der Waals surface area (Å²) >= 11 is 0. The molecule has 0 aliphatic carbocycles. The number of hydrogen-bond donors (Lipinski definition) is 2. The van der Waals surface area contributed by atoms with Crippen LogP contribution in [-0.2, 0) is 12.8 Å². The summed E-state index contributed by atoms with van der Waals surface area (Å²) < 4.78 is 17.0. The molecule has 2 aromatic rings. The van der Waals surface area contributed by atoms with Gasteiger partial charge in [0.2, 0.25) is 0 Å². The number of nitrogens with zero attached hydrogens (tertiary/aromatic N) is 1. The van der Waals surface area contributed by atoms with Gasteiger partial charge in [-0.25, -0.2) is 4.79 Å². The second kappa shape index (κ2) is 4.66. The third kappa shape index (κ3) is 1.68. The number of aromatic nitrogens is 2. The molecule has 3 heterocycles. The molecule has 0 radical (unpaired) electrons. The number of fused-ring (bicyclic) bond motifs is 2. The molecule has 2 N–H and O–H groups in total. The van der Waals surface area contributed by atoms with Crippen LogP contribution in [0.25, 0.3) is 11.3 Å². The van der Waals surface area contributed by atoms with Crippen molar-refractivity contribution in [1.82, 2.24) is 10.2 Å². The van der Waals surface area contributed by atoms with E-state index in [0.717, 1.165) is 40.4 Å². The van der Waals surface area contributed by atoms with Gasteiger partial charge in [0.1, 0.15) is 11.4 Å². The molecule has 0 atom stereocenters. The molecule has 2 aliphatic heterocycles. The number of H-pyrrole nitrogens is 1. The number of ether oxygens (including phenoxy) is 3. The number of methoxy groups -OCH3 is 1. The first-order valence-electron chi connectivity index (χ1n) is 7.01. The van der Waals surface area contributed by atoms with Gasteiger partial charge in [0, 0.05) is 24.0 Å². The molecular formula is C15H14N2O5. The molecule has 0 spiro atoms. The maximum Gasteiger partial charge on any atom is 0.353 e. The summed E-state index contributed by atoms with van der Waals surface area (Å²) in [4.78, 5) is 11.1. The van der Waals surface area contributed by atoms with Gasteiger partial charge in [0.15, 0.2) is 11.5 Å². The summed E-state index contributed by atoms with van der Waals surface area (Å²) in [6.45, 7) is 1.13. The van der Waals surface area contributed by atoms with Crippen molar-refractivity contribution in [1.29, 1.82) is 0 Å². The molecule has 1 aromatic heterocycles. The van der Waals surface area contributed by atoms with Gasteiger partial charge in [-0.2, -0.15) is 5.10 Å². The Kier molecular flexibility index (Phi) is 2.75. The van der Waals surface area contributed by atoms with E-state index in [1.807, 2.05) is 0 Å². The van der Waals surface area contributed by atoms with E-state index >= 15 is 0 Å². The lowest BCUT2D eigenvalue weighted by atomic mass is 9.96. The normalized spacial score (nSPS) is 15.0. The van der Waals surface area contributed by atoms with E-state index in [-0.39, 0.29) is 5.69 Å². The number of aromatic amines is 1. The molecule has 0 amide bonds. The second-order valence-corrected chi connectivity index (χ2v) is 5.19. The first-order valence-corrected chi connectivity index (χ1v) is 7.01. The molecule has 0 bridgehead atoms. The van der Waals surface area contributed by atoms with E-state index in [4.69, 9.17) is 19.3 Å². The van der Waals surface area contributed by atoms with Gasteiger partial charge in [-0.15, -0.1) is 0 Å². The molecule has 0 saturated carbocycles. The third-order valence-electron chi connectivity index (χ3n) is 4.02. The minimum absolute atomic E-state index is 0.0465. The van der Waals surface area contributed by atoms with Crippen molar-refractivity contribution < 1.29 is 24.1 Å². The molecule has 0 unspecified atom stereocenters. The number of benzene rings is 1. The maximum absolute atomic E-state index is 11.1. The zero-order chi connectivity index (χ0) is 15.3. The van der Waals surface area contributed by atoms with Crippen molar-refractivity contribution >= 4 is 5.97 Å². The van der Waals surface area contributed by atoms with Gasteiger partial charge < -0.3 is 19.3 Å². The van der Waals surface area contributed by atoms with Crippen LogP contribution in [0.5, 0.6) is 17.2 Å². The summed E-state index contributed by atoms with van der Waals surface area (Å²) in [5.74, 6) is 1.13. The molecule has 2 aliphatic rings. The number of hydrogen-bond acceptors (Lipinski definition) is 5. The van der Waals surface area contributed by atoms with Crippen LogP contribution >= 0.6 is 0 Å². The van der Waals surface area contributed by atoms with E-state index in [1.54, 1.807) is 7.11 Å². The number of nitrogens with one attached hydrogen (secondary N) is 1. The van der Waals surface area contributed by atoms with Crippen molar-refractivity contribution in [3.05, 3.63) is 22.9 Å². The number of aromatic carboxylic acids is 1. The Labute approximate surface area is 125 Å². The molecule has 7 nitrogen and oxygen atoms in total. The predicted octanol–water partition coefficient (Wildman–Crippen LogP) is 1.65. The lowest BCUT2D eigenvalue weighted by molar-refractivity contribution is 0.0690. The van der Waals surface area contributed by atoms with Crippen LogP contribution in [-0.4, -0.2) is 41.6 Å². The molecular weight excluding hydrogens is 288 g/mol. The minimum atomic E-state index is -1.04. The fourth-order valence-electron chi connectivity index (χ4n) is 3.11. The number of carboxylic acid groups (broad SMARTS) is 1. The summed E-state index contributed by atoms with van der Waals surface area (Å²) in [7, 11) is 1.62. The summed E-state index contributed by atoms with van der Waals surface area (Å²) in [6, 6.07) is 1.52. The Hall–Kier alpha value is -2.70. The highest BCUT2D eigenvalue weighted by Gasteiger charge is 2.33. The predicted molar refractivity (Wildman–Crippen MR) is 75.9 cm³/mol. The minimum Gasteiger partial charge on any atom is -0.492 e. The zero-order valence-electron chi connectivity index (χ0n) is 11.9. The lowest BCUT2D eigenvalue weighted by Crippen LogP contribution is -1.96. The third-order valence-corrected chi connectivity index (χ3v) is 4.02. The van der Waals surface area contributed by atoms with E-state index in [1.165, 1.54) is 6.07 Å². The molecule has 7 heteroatoms. The van der Waals surface area contributed by atoms with Crippen LogP contribution in [0.1, 0.15) is 21.6 Å². The van der Waals surface area contributed by atoms with Gasteiger partial charge in [-0.3, -0.25) is 5.10 Å². The van der Waals surface area contributed by atoms with Crippen LogP contribution in [0.15, 0.2) is 6.07 Å². The topological polar surface area (TPSA) is 93.7 Å². The highest BCUT2D eigenvalue weighted by atomic mass is 16.5. The largest absolute Gasteiger partial charge is 0.492 e. The lowest BCUT2D eigenvalue weighted by Gasteiger charge is -2.15. The SMILES string of the molecule is COc1c2c(c(-c3cc(C(=O)O)[nH]n3)c3c1OCC3)OCC2. The van der Waals surface area contributed by atoms with Crippen molar-refractivity contribution in [2.24, 2.45) is 0 Å². The average Bonchev–Trinajstić information content (AvgIpc) is 3.23. The number of carbonyl (C=O) groups is 1. The van der Waals surface area contributed by atoms with Crippen molar-refractivity contribution in [2.45, 2.75) is 12.8 Å². The van der Waals surface area contributed by atoms with Gasteiger partial charge in [-0.05, 0) is 6.07 Å². The van der Waals surface area contributed by atoms with E-state index in [0.29, 0.717) is 25.3 Å². The Bertz CT molecular complexity index is 745. The van der Waals surface area contributed by atoms with Crippen molar-refractivity contribution in [3.8, 4) is 28.5 Å². The first kappa shape index (κ1) is 13.0. The Balaban J connectivity index is 1.98. The fourth-order valence-corrected chi connectivity index (χ4v) is 3.11. The van der Waals surface area contributed by atoms with E-state index < -0.39 is 5.97 Å². The summed E-state index contributed by atoms with van der Waals surface area (Å²) in [5.41, 5.74) is 3.33. The van der Waals surface area contributed by atoms with E-state index in [9.17, 15) is 4.79 Å². The van der Waals surface area contributed by atoms with Crippen molar-refractivity contribution in [3.63, 3.8) is 0 Å². The number of carboxylic acids is 1. The van der Waals surface area contributed by atoms with Crippen LogP contribution in [0, 0.1) is 0 Å². The molecule has 0 fully saturated rings. The quantitative estimate of drug-likeness (QED) is 0.895. The van der Waals surface area contributed by atoms with Crippen LogP contribution < -0.4 is 14.2 Å². The zero-order valence-corrected chi connectivity index (χ0v) is 11.9. The first-order chi connectivity index (χ1) is 10.7. The molecule has 0 saturated heterocycles. The van der Waals surface area contributed by atoms with Gasteiger partial charge >= 0.3 is 5.97 Å². The smallest absolute Gasteiger partial charge is 0.353 e. The molecule has 22 heavy (non-hydrogen) atoms. The molecule has 1 aromatic carbocycles. The fraction of sp³-hybridized carbons (Fsp3) is 0.333. The molecule has 114 valence electrons. The van der Waals surface area contributed by atoms with Gasteiger partial charge in [-0.1, -0.05) is 0 Å². The standard InChI is InChI=1S/C15H14N2O5/c1-20-13-8-3-5-21-12(8)11(7-2-4-22-14(7)13)9-6-10(15(18)19)17-16-9/h6H,2-5H2,1H3,(H,16,17)(H,18,19). The van der Waals surface area contributed by atoms with Crippen molar-refractivity contribution in [2.75, 3.05) is 20.3 Å². The Morgan fingerprint density at radius 1 is 1.27 bits per heavy atom. The second-order valence-electron chi connectivity index (χ2n) is 5.19. The van der Waals surface area contributed by atoms with Crippen LogP contribution in [0.2, 0.25) is 0 Å². The summed E-state index contributed by atoms with van der Waals surface area (Å²) in [5, 5.41) is 15.7. The monoisotopic (exact) mass is 302 g/mol. The van der Waals surface area contributed by atoms with Gasteiger partial charge in [0.25, 0.3) is 0 Å². The van der Waals surface area contributed by atoms with Gasteiger partial charge in [0.05, 0.1) is 31.6 Å². The highest BCUT2D eigenvalue weighted by molar-refractivity contribution is 5.89. The highest BCUT2D eigenvalue weighted by Crippen LogP contribution is 2.52. The Morgan fingerprint density at radius 2 is 2.00 bits per heavy atom. The Morgan fingerprint density at radius 3 is 2.68 bits per heavy atom. The molecule has 4 rings (SSSR count). The average molecular weight is 302 g/mol. The van der Waals surface area contributed by atoms with Crippen LogP contribution in [0.4, 0.5) is 0 Å². The van der Waals surface area contributed by atoms with Crippen LogP contribution in [0.3, 0.4) is 0 Å². The maximum atomic E-state index is 11.1. The number of rotatable bonds is 3. The summed E-state index contributed by atoms with van der Waals surface area (Å²) in [6.07, 6.45) is 1.45.